The molecule has 0 spiro atoms. The van der Waals surface area contributed by atoms with Gasteiger partial charge in [0.1, 0.15) is 0 Å². The van der Waals surface area contributed by atoms with Gasteiger partial charge >= 0.3 is 5.97 Å². The minimum absolute atomic E-state index is 0.0858. The Morgan fingerprint density at radius 3 is 0.847 bits per heavy atom. The highest BCUT2D eigenvalue weighted by Crippen LogP contribution is 2.33. The number of piperazine rings is 4. The molecule has 37 nitrogen and oxygen atoms in total. The number of esters is 1. The topological polar surface area (TPSA) is 452 Å². The maximum Gasteiger partial charge on any atom is 0.303 e. The molecular weight excluding hydrogens is 1840 g/mol. The van der Waals surface area contributed by atoms with Crippen LogP contribution < -0.4 is 26.6 Å². The average molecular weight is 1960 g/mol. The Labute approximate surface area is 831 Å². The number of anilines is 4. The Morgan fingerprint density at radius 2 is 0.604 bits per heavy atom. The van der Waals surface area contributed by atoms with Crippen molar-refractivity contribution in [2.45, 2.75) is 85.1 Å². The molecular formula is C107H120N19O18+. The van der Waals surface area contributed by atoms with E-state index in [1.807, 2.05) is 130 Å². The van der Waals surface area contributed by atoms with E-state index in [4.69, 9.17) is 4.74 Å². The van der Waals surface area contributed by atoms with Gasteiger partial charge in [-0.3, -0.25) is 81.5 Å². The Hall–Kier alpha value is -16.4. The molecule has 144 heavy (non-hydrogen) atoms. The number of aromatic amines is 4. The highest BCUT2D eigenvalue weighted by molar-refractivity contribution is 6.47. The molecule has 0 radical (unpaired) electrons. The van der Waals surface area contributed by atoms with Crippen LogP contribution in [0.15, 0.2) is 219 Å². The summed E-state index contributed by atoms with van der Waals surface area (Å²) in [6.45, 7) is 18.5. The third kappa shape index (κ3) is 25.7. The summed E-state index contributed by atoms with van der Waals surface area (Å²) in [7, 11) is 9.38. The number of likely N-dealkylation sites (N-methyl/N-ethyl adjacent to an activating group) is 2. The van der Waals surface area contributed by atoms with Crippen molar-refractivity contribution in [3.05, 3.63) is 263 Å². The van der Waals surface area contributed by atoms with Gasteiger partial charge in [0, 0.05) is 184 Å². The third-order valence-corrected chi connectivity index (χ3v) is 24.8. The van der Waals surface area contributed by atoms with Crippen LogP contribution in [0.5, 0.6) is 0 Å². The van der Waals surface area contributed by atoms with Crippen molar-refractivity contribution >= 4 is 166 Å². The molecule has 4 fully saturated rings. The third-order valence-electron chi connectivity index (χ3n) is 24.8. The average Bonchev–Trinajstić information content (AvgIpc) is 1.64. The molecule has 0 aliphatic carbocycles. The van der Waals surface area contributed by atoms with Crippen LogP contribution in [-0.2, 0) is 47.9 Å². The van der Waals surface area contributed by atoms with Gasteiger partial charge < -0.3 is 99.8 Å². The summed E-state index contributed by atoms with van der Waals surface area (Å²) in [6, 6.07) is 55.4. The number of carbonyl (C=O) groups is 17. The van der Waals surface area contributed by atoms with Crippen LogP contribution in [0.2, 0.25) is 0 Å². The first-order valence-electron chi connectivity index (χ1n) is 47.3. The van der Waals surface area contributed by atoms with Crippen LogP contribution in [0.1, 0.15) is 138 Å². The number of hydrogen-bond donors (Lipinski definition) is 9. The molecule has 16 rings (SSSR count). The summed E-state index contributed by atoms with van der Waals surface area (Å²) < 4.78 is 5.18. The maximum absolute atomic E-state index is 13.3. The van der Waals surface area contributed by atoms with Gasteiger partial charge in [-0.2, -0.15) is 0 Å². The number of amides is 12. The lowest BCUT2D eigenvalue weighted by Gasteiger charge is -2.39. The number of hydrogen-bond acceptors (Lipinski definition) is 20. The van der Waals surface area contributed by atoms with E-state index in [0.717, 1.165) is 0 Å². The summed E-state index contributed by atoms with van der Waals surface area (Å²) in [6.07, 6.45) is 5.97. The lowest BCUT2D eigenvalue weighted by molar-refractivity contribution is -0.861. The van der Waals surface area contributed by atoms with Crippen molar-refractivity contribution in [2.24, 2.45) is 0 Å². The van der Waals surface area contributed by atoms with Gasteiger partial charge in [-0.05, 0) is 135 Å². The number of nitrogens with zero attached hydrogens (tertiary/aromatic N) is 10. The predicted octanol–water partition coefficient (Wildman–Crippen LogP) is 9.87. The molecule has 0 unspecified atom stereocenters. The zero-order valence-electron chi connectivity index (χ0n) is 82.7. The molecule has 12 aromatic rings. The number of H-pyrrole nitrogens is 4. The minimum Gasteiger partial charge on any atom is -0.456 e. The van der Waals surface area contributed by atoms with E-state index < -0.39 is 65.2 Å². The number of fused-ring (bicyclic) bond motifs is 4. The van der Waals surface area contributed by atoms with E-state index in [0.29, 0.717) is 145 Å². The molecule has 4 aromatic heterocycles. The smallest absolute Gasteiger partial charge is 0.303 e. The summed E-state index contributed by atoms with van der Waals surface area (Å²) >= 11 is 0. The molecule has 0 bridgehead atoms. The predicted molar refractivity (Wildman–Crippen MR) is 545 cm³/mol. The molecule has 4 aliphatic rings. The van der Waals surface area contributed by atoms with Crippen molar-refractivity contribution < 1.29 is 90.7 Å². The second-order valence-corrected chi connectivity index (χ2v) is 38.2. The van der Waals surface area contributed by atoms with Gasteiger partial charge in [0.15, 0.2) is 13.2 Å². The largest absolute Gasteiger partial charge is 0.456 e. The number of nitrogens with one attached hydrogen (secondary N) is 9. The SMILES string of the molecule is CC(=O)OCC(=O)Nc1cccc2c(C(=O)C(=O)N3CCN(C(=O)c4ccccc4)C[C@H]3C)c[nH]c12.C[C@@H]1CN(C(=O)c2ccccc2)CCN1C(=O)C(=O)c1c[nH]c2c(NC(=O)CN(C)C)cccc12.C[C@@H]1CN(C(=O)c2ccccc2)CCN1C(=O)C(=O)c1c[nH]c2c(NC(=O)CNC(C)(C)C)cccc12.C[C@@H]1CN(C(=O)c2ccccc2)CCN1C(=O)C(=O)c1c[nH]c2c(NC(=O)C[N+](C)(C)C)cccc12. The van der Waals surface area contributed by atoms with E-state index in [1.54, 1.807) is 172 Å². The van der Waals surface area contributed by atoms with E-state index in [1.165, 1.54) is 51.3 Å². The first-order valence-corrected chi connectivity index (χ1v) is 47.3. The highest BCUT2D eigenvalue weighted by atomic mass is 16.5. The highest BCUT2D eigenvalue weighted by Gasteiger charge is 2.41. The molecule has 9 N–H and O–H groups in total. The standard InChI is InChI=1S/C28H33N5O4.C27H31N5O4.C26H29N5O4.C26H26N4O6/c1-18-17-32(26(36)19-9-6-5-7-10-19)13-14-33(18)27(37)25(35)21-15-29-24-20(21)11-8-12-22(24)31-23(34)16-30-28(2,3)4;1-18-16-30(26(35)19-9-6-5-7-10-19)13-14-31(18)27(36)25(34)21-15-28-24-20(21)11-8-12-22(24)29-23(33)17-32(2,3)4;1-17-15-30(25(34)18-8-5-4-6-9-18)12-13-31(17)26(35)24(33)20-14-27-23-19(20)10-7-11-21(23)28-22(32)16-29(2)3;1-16-14-29(25(34)18-7-4-3-5-8-18)11-12-30(16)26(35)24(33)20-13-27-23-19(20)9-6-10-21(23)28-22(32)15-36-17(2)31/h5-12,15,18,29-30H,13-14,16-17H2,1-4H3,(H,31,34);5-12,15,18H,13-14,16-17H2,1-4H3,(H-,28,29,33,34,36);4-11,14,17,27H,12-13,15-16H2,1-3H3,(H,28,32);3-10,13,16,27H,11-12,14-15H2,1-2H3,(H,28,32)/p+1/t2*18-;17-;16-/m1111/s1. The molecule has 4 aliphatic heterocycles. The molecule has 8 aromatic carbocycles. The summed E-state index contributed by atoms with van der Waals surface area (Å²) in [5.74, 6) is -7.04. The van der Waals surface area contributed by atoms with Crippen molar-refractivity contribution in [3.8, 4) is 0 Å². The van der Waals surface area contributed by atoms with E-state index in [2.05, 4.69) is 46.5 Å². The van der Waals surface area contributed by atoms with Gasteiger partial charge in [0.25, 0.3) is 82.2 Å². The summed E-state index contributed by atoms with van der Waals surface area (Å²) in [5, 5.41) is 16.5. The van der Waals surface area contributed by atoms with Gasteiger partial charge in [0.05, 0.1) is 101 Å². The number of benzene rings is 8. The number of quaternary nitrogens is 1. The quantitative estimate of drug-likeness (QED) is 0.0117. The van der Waals surface area contributed by atoms with Gasteiger partial charge in [-0.1, -0.05) is 121 Å². The van der Waals surface area contributed by atoms with Crippen LogP contribution >= 0.6 is 0 Å². The van der Waals surface area contributed by atoms with Crippen LogP contribution in [0.4, 0.5) is 22.7 Å². The zero-order chi connectivity index (χ0) is 104. The maximum atomic E-state index is 13.3. The Balaban J connectivity index is 0.000000161. The lowest BCUT2D eigenvalue weighted by Crippen LogP contribution is -2.56. The first kappa shape index (κ1) is 105. The minimum atomic E-state index is -0.681. The number of rotatable bonds is 24. The Morgan fingerprint density at radius 1 is 0.347 bits per heavy atom. The number of ether oxygens (including phenoxy) is 1. The fourth-order valence-corrected chi connectivity index (χ4v) is 17.6. The molecule has 750 valence electrons. The van der Waals surface area contributed by atoms with E-state index >= 15 is 0 Å². The molecule has 0 saturated carbocycles. The normalized spacial score (nSPS) is 15.9. The molecule has 4 atom stereocenters. The molecule has 12 amide bonds. The summed E-state index contributed by atoms with van der Waals surface area (Å²) in [4.78, 5) is 244. The van der Waals surface area contributed by atoms with Crippen LogP contribution in [0.25, 0.3) is 43.6 Å². The summed E-state index contributed by atoms with van der Waals surface area (Å²) in [5.41, 5.74) is 7.36. The fraction of sp³-hybridized carbons (Fsp3) is 0.318. The number of Topliss-reactive ketones (excluding diaryl/α,β-unsaturated/α-hetero) is 4. The van der Waals surface area contributed by atoms with Crippen molar-refractivity contribution in [1.29, 1.82) is 0 Å². The lowest BCUT2D eigenvalue weighted by atomic mass is 10.1. The second kappa shape index (κ2) is 46.3. The van der Waals surface area contributed by atoms with Crippen LogP contribution in [0, 0.1) is 0 Å². The van der Waals surface area contributed by atoms with Gasteiger partial charge in [0.2, 0.25) is 11.8 Å². The molecule has 37 heteroatoms. The first-order chi connectivity index (χ1) is 68.6. The van der Waals surface area contributed by atoms with Crippen molar-refractivity contribution in [3.63, 3.8) is 0 Å². The fourth-order valence-electron chi connectivity index (χ4n) is 17.6. The van der Waals surface area contributed by atoms with Crippen molar-refractivity contribution in [1.82, 2.24) is 69.4 Å². The van der Waals surface area contributed by atoms with Gasteiger partial charge in [-0.15, -0.1) is 0 Å². The molecule has 4 saturated heterocycles. The Kier molecular flexibility index (Phi) is 33.8. The molecule has 8 heterocycles. The van der Waals surface area contributed by atoms with Crippen LogP contribution in [-0.4, -0.2) is 338 Å². The number of carbonyl (C=O) groups excluding carboxylic acids is 17. The Bertz CT molecular complexity index is 6860. The zero-order valence-corrected chi connectivity index (χ0v) is 82.7. The number of ketones is 4. The van der Waals surface area contributed by atoms with Gasteiger partial charge in [-0.25, -0.2) is 0 Å². The monoisotopic (exact) mass is 1960 g/mol. The number of para-hydroxylation sites is 4. The second-order valence-electron chi connectivity index (χ2n) is 38.2. The number of aromatic nitrogens is 4. The van der Waals surface area contributed by atoms with E-state index in [-0.39, 0.29) is 139 Å². The van der Waals surface area contributed by atoms with E-state index in [9.17, 15) is 81.5 Å². The van der Waals surface area contributed by atoms with Crippen molar-refractivity contribution in [2.75, 3.05) is 161 Å². The van der Waals surface area contributed by atoms with Crippen LogP contribution in [0.3, 0.4) is 0 Å².